The Hall–Kier alpha value is -1.47. The van der Waals surface area contributed by atoms with Crippen LogP contribution in [-0.4, -0.2) is 29.8 Å². The molecule has 98 valence electrons. The average molecular weight is 318 g/mol. The van der Waals surface area contributed by atoms with Gasteiger partial charge in [0.25, 0.3) is 0 Å². The summed E-state index contributed by atoms with van der Waals surface area (Å²) in [5, 5.41) is 0. The molecule has 0 aliphatic heterocycles. The fraction of sp³-hybridized carbons (Fsp3) is 0.273. The minimum absolute atomic E-state index is 0.0854. The van der Waals surface area contributed by atoms with Crippen molar-refractivity contribution in [3.8, 4) is 0 Å². The van der Waals surface area contributed by atoms with Crippen LogP contribution in [0.4, 0.5) is 4.39 Å². The molecule has 0 unspecified atom stereocenters. The van der Waals surface area contributed by atoms with E-state index in [2.05, 4.69) is 15.9 Å². The molecule has 2 amide bonds. The molecule has 0 atom stereocenters. The second-order valence-corrected chi connectivity index (χ2v) is 4.68. The summed E-state index contributed by atoms with van der Waals surface area (Å²) in [7, 11) is 0. The fourth-order valence-corrected chi connectivity index (χ4v) is 1.93. The second kappa shape index (κ2) is 6.46. The molecule has 18 heavy (non-hydrogen) atoms. The molecule has 0 heterocycles. The van der Waals surface area contributed by atoms with Crippen LogP contribution < -0.4 is 11.5 Å². The molecule has 0 fully saturated rings. The lowest BCUT2D eigenvalue weighted by Crippen LogP contribution is -2.39. The monoisotopic (exact) mass is 317 g/mol. The SMILES string of the molecule is NC(=O)CN(CC(N)=O)Cc1ccc(F)c(Br)c1. The Morgan fingerprint density at radius 3 is 2.22 bits per heavy atom. The Morgan fingerprint density at radius 2 is 1.78 bits per heavy atom. The van der Waals surface area contributed by atoms with Crippen LogP contribution in [0.25, 0.3) is 0 Å². The van der Waals surface area contributed by atoms with E-state index in [1.807, 2.05) is 0 Å². The van der Waals surface area contributed by atoms with Gasteiger partial charge in [-0.3, -0.25) is 14.5 Å². The van der Waals surface area contributed by atoms with Crippen molar-refractivity contribution in [2.45, 2.75) is 6.54 Å². The van der Waals surface area contributed by atoms with Gasteiger partial charge in [0.2, 0.25) is 11.8 Å². The van der Waals surface area contributed by atoms with Crippen molar-refractivity contribution in [1.82, 2.24) is 4.90 Å². The second-order valence-electron chi connectivity index (χ2n) is 3.83. The van der Waals surface area contributed by atoms with Gasteiger partial charge in [0, 0.05) is 6.54 Å². The van der Waals surface area contributed by atoms with Gasteiger partial charge in [-0.25, -0.2) is 4.39 Å². The standard InChI is InChI=1S/C11H13BrFN3O2/c12-8-3-7(1-2-9(8)13)4-16(5-10(14)17)6-11(15)18/h1-3H,4-6H2,(H2,14,17)(H2,15,18). The Bertz CT molecular complexity index is 452. The van der Waals surface area contributed by atoms with Crippen molar-refractivity contribution < 1.29 is 14.0 Å². The number of hydrogen-bond donors (Lipinski definition) is 2. The van der Waals surface area contributed by atoms with Crippen LogP contribution in [0, 0.1) is 5.82 Å². The first-order valence-electron chi connectivity index (χ1n) is 5.11. The summed E-state index contributed by atoms with van der Waals surface area (Å²) in [5.41, 5.74) is 10.9. The topological polar surface area (TPSA) is 89.4 Å². The number of carbonyl (C=O) groups excluding carboxylic acids is 2. The minimum atomic E-state index is -0.558. The van der Waals surface area contributed by atoms with E-state index in [0.29, 0.717) is 4.47 Å². The zero-order valence-corrected chi connectivity index (χ0v) is 11.1. The van der Waals surface area contributed by atoms with Crippen molar-refractivity contribution in [3.63, 3.8) is 0 Å². The van der Waals surface area contributed by atoms with Crippen LogP contribution in [0.15, 0.2) is 22.7 Å². The maximum atomic E-state index is 13.0. The van der Waals surface area contributed by atoms with E-state index in [-0.39, 0.29) is 25.5 Å². The Morgan fingerprint density at radius 1 is 1.22 bits per heavy atom. The lowest BCUT2D eigenvalue weighted by atomic mass is 10.2. The summed E-state index contributed by atoms with van der Waals surface area (Å²) in [5.74, 6) is -1.50. The van der Waals surface area contributed by atoms with Gasteiger partial charge in [-0.15, -0.1) is 0 Å². The van der Waals surface area contributed by atoms with Gasteiger partial charge in [0.15, 0.2) is 0 Å². The van der Waals surface area contributed by atoms with E-state index >= 15 is 0 Å². The zero-order valence-electron chi connectivity index (χ0n) is 9.53. The third-order valence-electron chi connectivity index (χ3n) is 2.15. The van der Waals surface area contributed by atoms with Crippen LogP contribution in [0.1, 0.15) is 5.56 Å². The maximum absolute atomic E-state index is 13.0. The molecule has 0 saturated heterocycles. The smallest absolute Gasteiger partial charge is 0.231 e. The summed E-state index contributed by atoms with van der Waals surface area (Å²) >= 11 is 3.06. The largest absolute Gasteiger partial charge is 0.369 e. The predicted octanol–water partition coefficient (Wildman–Crippen LogP) is 0.361. The number of halogens is 2. The first-order chi connectivity index (χ1) is 8.38. The molecule has 0 saturated carbocycles. The van der Waals surface area contributed by atoms with Crippen LogP contribution in [0.3, 0.4) is 0 Å². The molecule has 1 aromatic rings. The first-order valence-corrected chi connectivity index (χ1v) is 5.90. The molecule has 0 aliphatic carbocycles. The van der Waals surface area contributed by atoms with Gasteiger partial charge in [-0.1, -0.05) is 6.07 Å². The molecule has 0 bridgehead atoms. The Kier molecular flexibility index (Phi) is 5.24. The summed E-state index contributed by atoms with van der Waals surface area (Å²) < 4.78 is 13.4. The minimum Gasteiger partial charge on any atom is -0.369 e. The van der Waals surface area contributed by atoms with Gasteiger partial charge < -0.3 is 11.5 Å². The van der Waals surface area contributed by atoms with Gasteiger partial charge in [-0.2, -0.15) is 0 Å². The van der Waals surface area contributed by atoms with Gasteiger partial charge in [0.1, 0.15) is 5.82 Å². The number of rotatable bonds is 6. The van der Waals surface area contributed by atoms with E-state index < -0.39 is 11.8 Å². The molecule has 0 spiro atoms. The number of benzene rings is 1. The molecule has 5 nitrogen and oxygen atoms in total. The van der Waals surface area contributed by atoms with Crippen LogP contribution in [0.5, 0.6) is 0 Å². The number of nitrogens with zero attached hydrogens (tertiary/aromatic N) is 1. The molecule has 1 aromatic carbocycles. The summed E-state index contributed by atoms with van der Waals surface area (Å²) in [6.45, 7) is 0.112. The average Bonchev–Trinajstić information content (AvgIpc) is 2.21. The molecular formula is C11H13BrFN3O2. The molecule has 0 radical (unpaired) electrons. The van der Waals surface area contributed by atoms with Crippen molar-refractivity contribution >= 4 is 27.7 Å². The van der Waals surface area contributed by atoms with Gasteiger partial charge in [0.05, 0.1) is 17.6 Å². The third-order valence-corrected chi connectivity index (χ3v) is 2.76. The van der Waals surface area contributed by atoms with Crippen molar-refractivity contribution in [3.05, 3.63) is 34.1 Å². The number of amides is 2. The highest BCUT2D eigenvalue weighted by molar-refractivity contribution is 9.10. The van der Waals surface area contributed by atoms with Gasteiger partial charge >= 0.3 is 0 Å². The predicted molar refractivity (Wildman–Crippen MR) is 67.8 cm³/mol. The van der Waals surface area contributed by atoms with Crippen LogP contribution in [0.2, 0.25) is 0 Å². The summed E-state index contributed by atoms with van der Waals surface area (Å²) in [4.78, 5) is 23.2. The van der Waals surface area contributed by atoms with Crippen molar-refractivity contribution in [2.75, 3.05) is 13.1 Å². The van der Waals surface area contributed by atoms with Crippen LogP contribution >= 0.6 is 15.9 Å². The van der Waals surface area contributed by atoms with Gasteiger partial charge in [-0.05, 0) is 33.6 Å². The number of carbonyl (C=O) groups is 2. The maximum Gasteiger partial charge on any atom is 0.231 e. The third kappa shape index (κ3) is 4.80. The summed E-state index contributed by atoms with van der Waals surface area (Å²) in [6, 6.07) is 4.44. The zero-order chi connectivity index (χ0) is 13.7. The number of nitrogens with two attached hydrogens (primary N) is 2. The quantitative estimate of drug-likeness (QED) is 0.794. The van der Waals surface area contributed by atoms with E-state index in [1.54, 1.807) is 12.1 Å². The highest BCUT2D eigenvalue weighted by Crippen LogP contribution is 2.17. The van der Waals surface area contributed by atoms with E-state index in [0.717, 1.165) is 5.56 Å². The van der Waals surface area contributed by atoms with E-state index in [4.69, 9.17) is 11.5 Å². The Labute approximate surface area is 112 Å². The van der Waals surface area contributed by atoms with E-state index in [9.17, 15) is 14.0 Å². The molecule has 7 heteroatoms. The summed E-state index contributed by atoms with van der Waals surface area (Å²) in [6.07, 6.45) is 0. The molecule has 4 N–H and O–H groups in total. The lowest BCUT2D eigenvalue weighted by molar-refractivity contribution is -0.122. The van der Waals surface area contributed by atoms with Crippen LogP contribution in [-0.2, 0) is 16.1 Å². The number of hydrogen-bond acceptors (Lipinski definition) is 3. The van der Waals surface area contributed by atoms with Crippen molar-refractivity contribution in [1.29, 1.82) is 0 Å². The molecular weight excluding hydrogens is 305 g/mol. The number of primary amides is 2. The first kappa shape index (κ1) is 14.6. The Balaban J connectivity index is 2.77. The normalized spacial score (nSPS) is 10.6. The highest BCUT2D eigenvalue weighted by Gasteiger charge is 2.12. The fourth-order valence-electron chi connectivity index (χ4n) is 1.50. The molecule has 0 aliphatic rings. The van der Waals surface area contributed by atoms with Crippen molar-refractivity contribution in [2.24, 2.45) is 11.5 Å². The lowest BCUT2D eigenvalue weighted by Gasteiger charge is -2.19. The molecule has 0 aromatic heterocycles. The van der Waals surface area contributed by atoms with E-state index in [1.165, 1.54) is 11.0 Å². The highest BCUT2D eigenvalue weighted by atomic mass is 79.9. The molecule has 1 rings (SSSR count).